The first-order valence-corrected chi connectivity index (χ1v) is 8.36. The standard InChI is InChI=1S/C16H31N3/c1-18-8-4-5-13(12-18)11-17-14-9-15-6-3-7-16(10-14)19(15)2/h13-17H,3-12H2,1-2H3. The summed E-state index contributed by atoms with van der Waals surface area (Å²) in [5.41, 5.74) is 0. The molecule has 0 saturated carbocycles. The van der Waals surface area contributed by atoms with Crippen LogP contribution < -0.4 is 5.32 Å². The van der Waals surface area contributed by atoms with Crippen LogP contribution in [0.5, 0.6) is 0 Å². The summed E-state index contributed by atoms with van der Waals surface area (Å²) in [6, 6.07) is 2.51. The number of likely N-dealkylation sites (tertiary alicyclic amines) is 1. The summed E-state index contributed by atoms with van der Waals surface area (Å²) >= 11 is 0. The molecule has 3 aliphatic rings. The van der Waals surface area contributed by atoms with Gasteiger partial charge < -0.3 is 15.1 Å². The second-order valence-corrected chi connectivity index (χ2v) is 7.25. The highest BCUT2D eigenvalue weighted by molar-refractivity contribution is 4.93. The molecule has 3 heterocycles. The zero-order valence-electron chi connectivity index (χ0n) is 12.8. The van der Waals surface area contributed by atoms with Crippen molar-refractivity contribution in [2.24, 2.45) is 5.92 Å². The fourth-order valence-corrected chi connectivity index (χ4v) is 4.56. The summed E-state index contributed by atoms with van der Waals surface area (Å²) in [5.74, 6) is 0.887. The summed E-state index contributed by atoms with van der Waals surface area (Å²) in [7, 11) is 4.62. The summed E-state index contributed by atoms with van der Waals surface area (Å²) < 4.78 is 0. The van der Waals surface area contributed by atoms with Gasteiger partial charge in [0.05, 0.1) is 0 Å². The van der Waals surface area contributed by atoms with Crippen LogP contribution >= 0.6 is 0 Å². The van der Waals surface area contributed by atoms with Gasteiger partial charge in [0.25, 0.3) is 0 Å². The predicted octanol–water partition coefficient (Wildman–Crippen LogP) is 1.93. The van der Waals surface area contributed by atoms with Gasteiger partial charge in [0, 0.05) is 24.7 Å². The van der Waals surface area contributed by atoms with E-state index >= 15 is 0 Å². The van der Waals surface area contributed by atoms with E-state index in [2.05, 4.69) is 29.2 Å². The van der Waals surface area contributed by atoms with Gasteiger partial charge >= 0.3 is 0 Å². The molecule has 0 aromatic carbocycles. The van der Waals surface area contributed by atoms with Crippen LogP contribution in [0, 0.1) is 5.92 Å². The molecule has 0 spiro atoms. The Labute approximate surface area is 118 Å². The van der Waals surface area contributed by atoms with E-state index in [0.717, 1.165) is 24.0 Å². The van der Waals surface area contributed by atoms with Crippen molar-refractivity contribution in [1.82, 2.24) is 15.1 Å². The molecule has 0 amide bonds. The summed E-state index contributed by atoms with van der Waals surface area (Å²) in [6.07, 6.45) is 9.90. The minimum atomic E-state index is 0.790. The van der Waals surface area contributed by atoms with Crippen LogP contribution in [0.25, 0.3) is 0 Å². The van der Waals surface area contributed by atoms with E-state index < -0.39 is 0 Å². The quantitative estimate of drug-likeness (QED) is 0.841. The Morgan fingerprint density at radius 2 is 1.74 bits per heavy atom. The van der Waals surface area contributed by atoms with E-state index in [-0.39, 0.29) is 0 Å². The van der Waals surface area contributed by atoms with Crippen LogP contribution in [0.1, 0.15) is 44.9 Å². The van der Waals surface area contributed by atoms with Gasteiger partial charge in [-0.3, -0.25) is 0 Å². The molecule has 0 aliphatic carbocycles. The van der Waals surface area contributed by atoms with E-state index in [1.165, 1.54) is 64.6 Å². The molecular formula is C16H31N3. The van der Waals surface area contributed by atoms with Gasteiger partial charge in [0.1, 0.15) is 0 Å². The largest absolute Gasteiger partial charge is 0.314 e. The topological polar surface area (TPSA) is 18.5 Å². The zero-order valence-corrected chi connectivity index (χ0v) is 12.8. The highest BCUT2D eigenvalue weighted by Gasteiger charge is 2.35. The highest BCUT2D eigenvalue weighted by Crippen LogP contribution is 2.32. The summed E-state index contributed by atoms with van der Waals surface area (Å²) in [4.78, 5) is 5.16. The first kappa shape index (κ1) is 13.8. The van der Waals surface area contributed by atoms with Crippen molar-refractivity contribution in [3.63, 3.8) is 0 Å². The van der Waals surface area contributed by atoms with E-state index in [0.29, 0.717) is 0 Å². The fraction of sp³-hybridized carbons (Fsp3) is 1.00. The molecule has 3 unspecified atom stereocenters. The molecule has 0 aromatic heterocycles. The van der Waals surface area contributed by atoms with Crippen molar-refractivity contribution in [2.45, 2.75) is 63.1 Å². The van der Waals surface area contributed by atoms with Gasteiger partial charge in [-0.15, -0.1) is 0 Å². The monoisotopic (exact) mass is 265 g/mol. The van der Waals surface area contributed by atoms with E-state index in [1.54, 1.807) is 0 Å². The lowest BCUT2D eigenvalue weighted by Crippen LogP contribution is -2.55. The number of nitrogens with zero attached hydrogens (tertiary/aromatic N) is 2. The number of rotatable bonds is 3. The maximum absolute atomic E-state index is 3.91. The molecule has 0 aromatic rings. The van der Waals surface area contributed by atoms with E-state index in [4.69, 9.17) is 0 Å². The predicted molar refractivity (Wildman–Crippen MR) is 80.4 cm³/mol. The number of hydrogen-bond donors (Lipinski definition) is 1. The Balaban J connectivity index is 1.46. The van der Waals surface area contributed by atoms with Gasteiger partial charge in [-0.05, 0) is 71.6 Å². The van der Waals surface area contributed by atoms with Crippen LogP contribution in [-0.4, -0.2) is 61.7 Å². The first-order chi connectivity index (χ1) is 9.22. The normalized spacial score (nSPS) is 41.4. The van der Waals surface area contributed by atoms with Crippen molar-refractivity contribution >= 4 is 0 Å². The molecule has 3 rings (SSSR count). The Morgan fingerprint density at radius 3 is 2.42 bits per heavy atom. The minimum absolute atomic E-state index is 0.790. The zero-order chi connectivity index (χ0) is 13.2. The van der Waals surface area contributed by atoms with Crippen molar-refractivity contribution in [2.75, 3.05) is 33.7 Å². The SMILES string of the molecule is CN1CCCC(CNC2CC3CCCC(C2)N3C)C1. The van der Waals surface area contributed by atoms with Gasteiger partial charge in [0.2, 0.25) is 0 Å². The Morgan fingerprint density at radius 1 is 1.00 bits per heavy atom. The van der Waals surface area contributed by atoms with E-state index in [1.807, 2.05) is 0 Å². The second kappa shape index (κ2) is 6.11. The Kier molecular flexibility index (Phi) is 4.45. The lowest BCUT2D eigenvalue weighted by atomic mass is 9.82. The van der Waals surface area contributed by atoms with Gasteiger partial charge in [-0.1, -0.05) is 6.42 Å². The van der Waals surface area contributed by atoms with Gasteiger partial charge in [0.15, 0.2) is 0 Å². The summed E-state index contributed by atoms with van der Waals surface area (Å²) in [5, 5.41) is 3.91. The van der Waals surface area contributed by atoms with Crippen LogP contribution in [-0.2, 0) is 0 Å². The van der Waals surface area contributed by atoms with Crippen LogP contribution in [0.3, 0.4) is 0 Å². The third-order valence-electron chi connectivity index (χ3n) is 5.76. The number of fused-ring (bicyclic) bond motifs is 2. The molecule has 3 saturated heterocycles. The lowest BCUT2D eigenvalue weighted by molar-refractivity contribution is 0.0466. The minimum Gasteiger partial charge on any atom is -0.314 e. The van der Waals surface area contributed by atoms with Crippen LogP contribution in [0.2, 0.25) is 0 Å². The molecule has 3 fully saturated rings. The van der Waals surface area contributed by atoms with Gasteiger partial charge in [-0.25, -0.2) is 0 Å². The molecule has 3 nitrogen and oxygen atoms in total. The van der Waals surface area contributed by atoms with Crippen molar-refractivity contribution in [1.29, 1.82) is 0 Å². The molecule has 3 atom stereocenters. The molecule has 3 heteroatoms. The average molecular weight is 265 g/mol. The van der Waals surface area contributed by atoms with Crippen LogP contribution in [0.4, 0.5) is 0 Å². The van der Waals surface area contributed by atoms with Gasteiger partial charge in [-0.2, -0.15) is 0 Å². The molecule has 2 bridgehead atoms. The molecule has 3 aliphatic heterocycles. The molecule has 19 heavy (non-hydrogen) atoms. The first-order valence-electron chi connectivity index (χ1n) is 8.36. The molecule has 1 N–H and O–H groups in total. The van der Waals surface area contributed by atoms with Crippen molar-refractivity contribution < 1.29 is 0 Å². The fourth-order valence-electron chi connectivity index (χ4n) is 4.56. The Hall–Kier alpha value is -0.120. The van der Waals surface area contributed by atoms with Crippen molar-refractivity contribution in [3.05, 3.63) is 0 Å². The van der Waals surface area contributed by atoms with Crippen LogP contribution in [0.15, 0.2) is 0 Å². The Bertz CT molecular complexity index is 280. The molecule has 0 radical (unpaired) electrons. The summed E-state index contributed by atoms with van der Waals surface area (Å²) in [6.45, 7) is 3.85. The highest BCUT2D eigenvalue weighted by atomic mass is 15.2. The third-order valence-corrected chi connectivity index (χ3v) is 5.76. The molecule has 110 valence electrons. The maximum atomic E-state index is 3.91. The maximum Gasteiger partial charge on any atom is 0.0110 e. The number of hydrogen-bond acceptors (Lipinski definition) is 3. The van der Waals surface area contributed by atoms with Crippen molar-refractivity contribution in [3.8, 4) is 0 Å². The molecular weight excluding hydrogens is 234 g/mol. The number of nitrogens with one attached hydrogen (secondary N) is 1. The second-order valence-electron chi connectivity index (χ2n) is 7.25. The van der Waals surface area contributed by atoms with E-state index in [9.17, 15) is 0 Å². The average Bonchev–Trinajstić information content (AvgIpc) is 2.37. The number of piperidine rings is 3. The smallest absolute Gasteiger partial charge is 0.0110 e. The lowest BCUT2D eigenvalue weighted by Gasteiger charge is -2.47. The third kappa shape index (κ3) is 3.32.